The molecular weight excluding hydrogens is 487 g/mol. The zero-order valence-corrected chi connectivity index (χ0v) is 18.9. The molecule has 28 heavy (non-hydrogen) atoms. The van der Waals surface area contributed by atoms with Crippen molar-refractivity contribution in [3.05, 3.63) is 71.0 Å². The molecule has 0 bridgehead atoms. The van der Waals surface area contributed by atoms with Crippen LogP contribution in [0.25, 0.3) is 11.4 Å². The Morgan fingerprint density at radius 1 is 1.21 bits per heavy atom. The molecule has 6 nitrogen and oxygen atoms in total. The second-order valence-corrected chi connectivity index (χ2v) is 6.52. The first-order chi connectivity index (χ1) is 13.2. The van der Waals surface area contributed by atoms with Gasteiger partial charge in [0, 0.05) is 17.1 Å². The molecule has 1 unspecified atom stereocenters. The predicted octanol–water partition coefficient (Wildman–Crippen LogP) is 4.56. The highest BCUT2D eigenvalue weighted by Crippen LogP contribution is 2.22. The predicted molar refractivity (Wildman–Crippen MR) is 125 cm³/mol. The lowest BCUT2D eigenvalue weighted by molar-refractivity contribution is 0.686. The van der Waals surface area contributed by atoms with Crippen molar-refractivity contribution in [3.63, 3.8) is 0 Å². The normalized spacial score (nSPS) is 12.2. The van der Waals surface area contributed by atoms with Crippen LogP contribution < -0.4 is 10.6 Å². The number of hydrogen-bond donors (Lipinski definition) is 3. The molecule has 8 heteroatoms. The highest BCUT2D eigenvalue weighted by atomic mass is 127. The summed E-state index contributed by atoms with van der Waals surface area (Å²) in [5, 5.41) is 14.2. The summed E-state index contributed by atoms with van der Waals surface area (Å²) in [5.41, 5.74) is 3.12. The van der Waals surface area contributed by atoms with Crippen molar-refractivity contribution in [1.29, 1.82) is 0 Å². The van der Waals surface area contributed by atoms with Crippen molar-refractivity contribution in [3.8, 4) is 11.4 Å². The smallest absolute Gasteiger partial charge is 0.192 e. The molecule has 2 aromatic carbocycles. The second-order valence-electron chi connectivity index (χ2n) is 6.12. The van der Waals surface area contributed by atoms with E-state index in [9.17, 15) is 0 Å². The van der Waals surface area contributed by atoms with Gasteiger partial charge in [-0.2, -0.15) is 5.10 Å². The molecule has 3 rings (SSSR count). The summed E-state index contributed by atoms with van der Waals surface area (Å²) in [4.78, 5) is 8.90. The van der Waals surface area contributed by atoms with Gasteiger partial charge in [-0.25, -0.2) is 9.98 Å². The Morgan fingerprint density at radius 3 is 2.75 bits per heavy atom. The zero-order valence-electron chi connectivity index (χ0n) is 15.8. The molecule has 0 amide bonds. The lowest BCUT2D eigenvalue weighted by Crippen LogP contribution is -2.38. The largest absolute Gasteiger partial charge is 0.357 e. The Kier molecular flexibility index (Phi) is 8.72. The van der Waals surface area contributed by atoms with Gasteiger partial charge in [-0.15, -0.1) is 24.0 Å². The molecule has 0 radical (unpaired) electrons. The number of hydrogen-bond acceptors (Lipinski definition) is 3. The molecular formula is C20H24ClIN6. The maximum atomic E-state index is 6.30. The van der Waals surface area contributed by atoms with Crippen LogP contribution in [-0.4, -0.2) is 27.7 Å². The minimum absolute atomic E-state index is 0. The van der Waals surface area contributed by atoms with Gasteiger partial charge in [0.2, 0.25) is 0 Å². The van der Waals surface area contributed by atoms with E-state index >= 15 is 0 Å². The van der Waals surface area contributed by atoms with Crippen molar-refractivity contribution in [1.82, 2.24) is 25.8 Å². The number of aromatic nitrogens is 3. The van der Waals surface area contributed by atoms with Crippen LogP contribution >= 0.6 is 35.6 Å². The lowest BCUT2D eigenvalue weighted by atomic mass is 10.1. The molecule has 0 saturated heterocycles. The third-order valence-electron chi connectivity index (χ3n) is 4.10. The van der Waals surface area contributed by atoms with E-state index in [0.29, 0.717) is 6.54 Å². The van der Waals surface area contributed by atoms with Gasteiger partial charge in [0.25, 0.3) is 0 Å². The molecule has 0 fully saturated rings. The maximum Gasteiger partial charge on any atom is 0.192 e. The number of H-pyrrole nitrogens is 1. The molecule has 0 aliphatic carbocycles. The van der Waals surface area contributed by atoms with Crippen molar-refractivity contribution in [2.45, 2.75) is 26.4 Å². The third kappa shape index (κ3) is 5.93. The van der Waals surface area contributed by atoms with E-state index in [1.54, 1.807) is 0 Å². The molecule has 3 aromatic rings. The van der Waals surface area contributed by atoms with Crippen molar-refractivity contribution < 1.29 is 0 Å². The van der Waals surface area contributed by atoms with Crippen LogP contribution in [0.2, 0.25) is 5.02 Å². The van der Waals surface area contributed by atoms with Crippen LogP contribution in [0, 0.1) is 0 Å². The number of nitrogens with one attached hydrogen (secondary N) is 3. The maximum absolute atomic E-state index is 6.30. The molecule has 148 valence electrons. The number of rotatable bonds is 6. The van der Waals surface area contributed by atoms with Gasteiger partial charge in [0.1, 0.15) is 6.33 Å². The number of guanidine groups is 1. The van der Waals surface area contributed by atoms with Gasteiger partial charge in [-0.1, -0.05) is 48.0 Å². The number of benzene rings is 2. The van der Waals surface area contributed by atoms with E-state index in [-0.39, 0.29) is 30.0 Å². The number of halogens is 2. The Balaban J connectivity index is 0.00000280. The van der Waals surface area contributed by atoms with Crippen molar-refractivity contribution in [2.75, 3.05) is 6.54 Å². The second kappa shape index (κ2) is 11.0. The van der Waals surface area contributed by atoms with Crippen LogP contribution in [0.1, 0.15) is 31.0 Å². The number of aromatic amines is 1. The molecule has 0 saturated carbocycles. The molecule has 1 atom stereocenters. The van der Waals surface area contributed by atoms with Gasteiger partial charge < -0.3 is 10.6 Å². The highest BCUT2D eigenvalue weighted by molar-refractivity contribution is 14.0. The standard InChI is InChI=1S/C20H23ClN6.HI/c1-3-22-20(26-14(2)17-9-4-5-10-18(17)21)23-12-15-7-6-8-16(11-15)19-24-13-25-27-19;/h4-11,13-14H,3,12H2,1-2H3,(H2,22,23,26)(H,24,25,27);1H. The van der Waals surface area contributed by atoms with Crippen molar-refractivity contribution >= 4 is 41.5 Å². The first-order valence-electron chi connectivity index (χ1n) is 8.91. The monoisotopic (exact) mass is 510 g/mol. The topological polar surface area (TPSA) is 78.0 Å². The number of nitrogens with zero attached hydrogens (tertiary/aromatic N) is 3. The van der Waals surface area contributed by atoms with Crippen LogP contribution in [0.4, 0.5) is 0 Å². The van der Waals surface area contributed by atoms with E-state index < -0.39 is 0 Å². The lowest BCUT2D eigenvalue weighted by Gasteiger charge is -2.19. The minimum Gasteiger partial charge on any atom is -0.357 e. The van der Waals surface area contributed by atoms with E-state index in [0.717, 1.165) is 40.0 Å². The average Bonchev–Trinajstić information content (AvgIpc) is 3.22. The van der Waals surface area contributed by atoms with Crippen molar-refractivity contribution in [2.24, 2.45) is 4.99 Å². The fourth-order valence-electron chi connectivity index (χ4n) is 2.76. The number of aliphatic imine (C=N–C) groups is 1. The Bertz CT molecular complexity index is 897. The minimum atomic E-state index is 0. The molecule has 0 spiro atoms. The summed E-state index contributed by atoms with van der Waals surface area (Å²) in [6.45, 7) is 5.44. The summed E-state index contributed by atoms with van der Waals surface area (Å²) < 4.78 is 0. The molecule has 0 aliphatic heterocycles. The van der Waals surface area contributed by atoms with Crippen LogP contribution in [-0.2, 0) is 6.54 Å². The molecule has 0 aliphatic rings. The summed E-state index contributed by atoms with van der Waals surface area (Å²) in [6.07, 6.45) is 1.50. The van der Waals surface area contributed by atoms with Gasteiger partial charge in [0.15, 0.2) is 11.8 Å². The fraction of sp³-hybridized carbons (Fsp3) is 0.250. The molecule has 3 N–H and O–H groups in total. The average molecular weight is 511 g/mol. The summed E-state index contributed by atoms with van der Waals surface area (Å²) in [5.74, 6) is 1.49. The van der Waals surface area contributed by atoms with Gasteiger partial charge in [-0.3, -0.25) is 5.10 Å². The van der Waals surface area contributed by atoms with E-state index in [4.69, 9.17) is 16.6 Å². The first kappa shape index (κ1) is 22.2. The van der Waals surface area contributed by atoms with Gasteiger partial charge in [0.05, 0.1) is 12.6 Å². The summed E-state index contributed by atoms with van der Waals surface area (Å²) in [6, 6.07) is 16.0. The van der Waals surface area contributed by atoms with Crippen LogP contribution in [0.5, 0.6) is 0 Å². The van der Waals surface area contributed by atoms with E-state index in [1.165, 1.54) is 6.33 Å². The van der Waals surface area contributed by atoms with E-state index in [1.807, 2.05) is 49.4 Å². The molecule has 1 aromatic heterocycles. The Hall–Kier alpha value is -2.13. The van der Waals surface area contributed by atoms with Crippen LogP contribution in [0.3, 0.4) is 0 Å². The SMILES string of the molecule is CCNC(=NCc1cccc(-c2ncn[nH]2)c1)NC(C)c1ccccc1Cl.I. The van der Waals surface area contributed by atoms with Gasteiger partial charge >= 0.3 is 0 Å². The molecule has 1 heterocycles. The third-order valence-corrected chi connectivity index (χ3v) is 4.45. The van der Waals surface area contributed by atoms with Crippen LogP contribution in [0.15, 0.2) is 59.9 Å². The summed E-state index contributed by atoms with van der Waals surface area (Å²) in [7, 11) is 0. The quantitative estimate of drug-likeness (QED) is 0.258. The van der Waals surface area contributed by atoms with Gasteiger partial charge in [-0.05, 0) is 37.1 Å². The fourth-order valence-corrected chi connectivity index (χ4v) is 3.06. The first-order valence-corrected chi connectivity index (χ1v) is 9.29. The Morgan fingerprint density at radius 2 is 2.04 bits per heavy atom. The Labute approximate surface area is 187 Å². The van der Waals surface area contributed by atoms with E-state index in [2.05, 4.69) is 38.8 Å². The summed E-state index contributed by atoms with van der Waals surface area (Å²) >= 11 is 6.30. The highest BCUT2D eigenvalue weighted by Gasteiger charge is 2.11. The zero-order chi connectivity index (χ0) is 19.1.